The standard InChI is InChI=1S/C14H24NO5P/c1-5-19-21(16,20-6-2)14(15)10-11-7-8-12(17-3)13(9-11)18-4/h7-9,14H,5-6,10,15H2,1-4H3. The summed E-state index contributed by atoms with van der Waals surface area (Å²) in [5.41, 5.74) is 6.91. The van der Waals surface area contributed by atoms with Crippen LogP contribution in [0.1, 0.15) is 19.4 Å². The van der Waals surface area contributed by atoms with Crippen LogP contribution in [-0.2, 0) is 20.0 Å². The lowest BCUT2D eigenvalue weighted by atomic mass is 10.1. The van der Waals surface area contributed by atoms with E-state index in [1.807, 2.05) is 6.07 Å². The van der Waals surface area contributed by atoms with E-state index < -0.39 is 13.4 Å². The molecule has 6 nitrogen and oxygen atoms in total. The number of methoxy groups -OCH3 is 2. The number of nitrogens with two attached hydrogens (primary N) is 1. The fourth-order valence-corrected chi connectivity index (χ4v) is 3.56. The Balaban J connectivity index is 2.90. The molecule has 0 heterocycles. The predicted molar refractivity (Wildman–Crippen MR) is 82.1 cm³/mol. The summed E-state index contributed by atoms with van der Waals surface area (Å²) in [6.07, 6.45) is 0.359. The van der Waals surface area contributed by atoms with Crippen LogP contribution >= 0.6 is 7.60 Å². The van der Waals surface area contributed by atoms with Gasteiger partial charge in [0.25, 0.3) is 0 Å². The van der Waals surface area contributed by atoms with E-state index in [0.717, 1.165) is 5.56 Å². The summed E-state index contributed by atoms with van der Waals surface area (Å²) in [7, 11) is -0.179. The third-order valence-corrected chi connectivity index (χ3v) is 5.15. The van der Waals surface area contributed by atoms with Crippen LogP contribution in [0, 0.1) is 0 Å². The third kappa shape index (κ3) is 4.71. The zero-order valence-corrected chi connectivity index (χ0v) is 13.9. The minimum Gasteiger partial charge on any atom is -0.493 e. The molecular formula is C14H24NO5P. The summed E-state index contributed by atoms with van der Waals surface area (Å²) in [6, 6.07) is 5.44. The summed E-state index contributed by atoms with van der Waals surface area (Å²) in [6.45, 7) is 4.09. The van der Waals surface area contributed by atoms with Crippen LogP contribution in [0.15, 0.2) is 18.2 Å². The van der Waals surface area contributed by atoms with Crippen LogP contribution in [0.3, 0.4) is 0 Å². The van der Waals surface area contributed by atoms with Gasteiger partial charge in [0.05, 0.1) is 27.4 Å². The molecule has 2 N–H and O–H groups in total. The van der Waals surface area contributed by atoms with Crippen molar-refractivity contribution in [3.8, 4) is 11.5 Å². The molecule has 0 amide bonds. The molecule has 0 fully saturated rings. The molecule has 1 aromatic rings. The Morgan fingerprint density at radius 3 is 2.14 bits per heavy atom. The largest absolute Gasteiger partial charge is 0.493 e. The van der Waals surface area contributed by atoms with E-state index in [0.29, 0.717) is 17.9 Å². The minimum absolute atomic E-state index is 0.289. The Labute approximate surface area is 126 Å². The van der Waals surface area contributed by atoms with Crippen LogP contribution in [0.4, 0.5) is 0 Å². The van der Waals surface area contributed by atoms with Gasteiger partial charge >= 0.3 is 7.60 Å². The molecule has 21 heavy (non-hydrogen) atoms. The molecule has 1 rings (SSSR count). The molecule has 7 heteroatoms. The van der Waals surface area contributed by atoms with Gasteiger partial charge in [-0.3, -0.25) is 4.57 Å². The molecule has 120 valence electrons. The van der Waals surface area contributed by atoms with E-state index in [1.165, 1.54) is 0 Å². The highest BCUT2D eigenvalue weighted by Gasteiger charge is 2.32. The van der Waals surface area contributed by atoms with Gasteiger partial charge in [0, 0.05) is 0 Å². The van der Waals surface area contributed by atoms with Crippen molar-refractivity contribution in [1.29, 1.82) is 0 Å². The fourth-order valence-electron chi connectivity index (χ4n) is 1.95. The van der Waals surface area contributed by atoms with E-state index in [-0.39, 0.29) is 13.2 Å². The molecule has 1 aromatic carbocycles. The maximum atomic E-state index is 12.6. The molecular weight excluding hydrogens is 293 g/mol. The predicted octanol–water partition coefficient (Wildman–Crippen LogP) is 2.80. The molecule has 1 atom stereocenters. The van der Waals surface area contributed by atoms with E-state index in [1.54, 1.807) is 40.2 Å². The molecule has 0 bridgehead atoms. The first-order valence-electron chi connectivity index (χ1n) is 6.86. The molecule has 0 aliphatic rings. The molecule has 0 radical (unpaired) electrons. The lowest BCUT2D eigenvalue weighted by Crippen LogP contribution is -2.25. The topological polar surface area (TPSA) is 80.0 Å². The SMILES string of the molecule is CCOP(=O)(OCC)C(N)Cc1ccc(OC)c(OC)c1. The quantitative estimate of drug-likeness (QED) is 0.705. The number of ether oxygens (including phenoxy) is 2. The molecule has 0 aliphatic heterocycles. The van der Waals surface area contributed by atoms with Crippen molar-refractivity contribution < 1.29 is 23.1 Å². The van der Waals surface area contributed by atoms with Crippen LogP contribution in [0.5, 0.6) is 11.5 Å². The molecule has 0 saturated carbocycles. The van der Waals surface area contributed by atoms with Crippen molar-refractivity contribution in [2.75, 3.05) is 27.4 Å². The van der Waals surface area contributed by atoms with Crippen LogP contribution in [0.2, 0.25) is 0 Å². The van der Waals surface area contributed by atoms with Crippen molar-refractivity contribution in [3.05, 3.63) is 23.8 Å². The molecule has 0 saturated heterocycles. The van der Waals surface area contributed by atoms with Crippen molar-refractivity contribution in [2.24, 2.45) is 5.73 Å². The van der Waals surface area contributed by atoms with Gasteiger partial charge in [0.2, 0.25) is 0 Å². The normalized spacial score (nSPS) is 13.0. The Hall–Kier alpha value is -1.07. The lowest BCUT2D eigenvalue weighted by Gasteiger charge is -2.23. The molecule has 0 aromatic heterocycles. The first-order valence-corrected chi connectivity index (χ1v) is 8.47. The van der Waals surface area contributed by atoms with Crippen molar-refractivity contribution in [1.82, 2.24) is 0 Å². The second kappa shape index (κ2) is 8.39. The minimum atomic E-state index is -3.31. The number of hydrogen-bond donors (Lipinski definition) is 1. The van der Waals surface area contributed by atoms with E-state index in [2.05, 4.69) is 0 Å². The Morgan fingerprint density at radius 2 is 1.67 bits per heavy atom. The summed E-state index contributed by atoms with van der Waals surface area (Å²) in [4.78, 5) is 0. The smallest absolute Gasteiger partial charge is 0.347 e. The first kappa shape index (κ1) is 18.0. The summed E-state index contributed by atoms with van der Waals surface area (Å²) in [5.74, 6) is 0.507. The maximum absolute atomic E-state index is 12.6. The number of rotatable bonds is 9. The van der Waals surface area contributed by atoms with Crippen LogP contribution in [0.25, 0.3) is 0 Å². The van der Waals surface area contributed by atoms with Crippen molar-refractivity contribution >= 4 is 7.60 Å². The average molecular weight is 317 g/mol. The van der Waals surface area contributed by atoms with E-state index in [9.17, 15) is 4.57 Å². The van der Waals surface area contributed by atoms with Crippen LogP contribution < -0.4 is 15.2 Å². The summed E-state index contributed by atoms with van der Waals surface area (Å²) < 4.78 is 33.5. The highest BCUT2D eigenvalue weighted by atomic mass is 31.2. The van der Waals surface area contributed by atoms with Gasteiger partial charge in [0.1, 0.15) is 5.78 Å². The summed E-state index contributed by atoms with van der Waals surface area (Å²) >= 11 is 0. The van der Waals surface area contributed by atoms with Gasteiger partial charge in [-0.25, -0.2) is 0 Å². The second-order valence-corrected chi connectivity index (χ2v) is 6.60. The van der Waals surface area contributed by atoms with Gasteiger partial charge in [-0.05, 0) is 38.0 Å². The molecule has 0 aliphatic carbocycles. The highest BCUT2D eigenvalue weighted by molar-refractivity contribution is 7.54. The average Bonchev–Trinajstić information content (AvgIpc) is 2.47. The van der Waals surface area contributed by atoms with E-state index >= 15 is 0 Å². The third-order valence-electron chi connectivity index (χ3n) is 2.92. The summed E-state index contributed by atoms with van der Waals surface area (Å²) in [5, 5.41) is 0. The van der Waals surface area contributed by atoms with Crippen molar-refractivity contribution in [2.45, 2.75) is 26.1 Å². The Morgan fingerprint density at radius 1 is 1.10 bits per heavy atom. The fraction of sp³-hybridized carbons (Fsp3) is 0.571. The number of benzene rings is 1. The van der Waals surface area contributed by atoms with E-state index in [4.69, 9.17) is 24.3 Å². The van der Waals surface area contributed by atoms with Crippen molar-refractivity contribution in [3.63, 3.8) is 0 Å². The maximum Gasteiger partial charge on any atom is 0.347 e. The zero-order chi connectivity index (χ0) is 15.9. The zero-order valence-electron chi connectivity index (χ0n) is 13.0. The number of hydrogen-bond acceptors (Lipinski definition) is 6. The monoisotopic (exact) mass is 317 g/mol. The van der Waals surface area contributed by atoms with Gasteiger partial charge in [0.15, 0.2) is 11.5 Å². The second-order valence-electron chi connectivity index (χ2n) is 4.34. The Kier molecular flexibility index (Phi) is 7.18. The van der Waals surface area contributed by atoms with Crippen LogP contribution in [-0.4, -0.2) is 33.2 Å². The molecule has 0 spiro atoms. The Bertz CT molecular complexity index is 484. The molecule has 1 unspecified atom stereocenters. The highest BCUT2D eigenvalue weighted by Crippen LogP contribution is 2.52. The van der Waals surface area contributed by atoms with Gasteiger partial charge in [-0.1, -0.05) is 6.07 Å². The first-order chi connectivity index (χ1) is 10.0. The van der Waals surface area contributed by atoms with Gasteiger partial charge in [-0.15, -0.1) is 0 Å². The van der Waals surface area contributed by atoms with Gasteiger partial charge in [-0.2, -0.15) is 0 Å². The lowest BCUT2D eigenvalue weighted by molar-refractivity contribution is 0.212. The van der Waals surface area contributed by atoms with Gasteiger partial charge < -0.3 is 24.3 Å².